The number of halogens is 3. The zero-order chi connectivity index (χ0) is 24.8. The van der Waals surface area contributed by atoms with Crippen LogP contribution < -0.4 is 5.56 Å². The van der Waals surface area contributed by atoms with Crippen molar-refractivity contribution >= 4 is 5.91 Å². The van der Waals surface area contributed by atoms with E-state index in [1.165, 1.54) is 4.57 Å². The fourth-order valence-electron chi connectivity index (χ4n) is 6.29. The van der Waals surface area contributed by atoms with Gasteiger partial charge in [-0.3, -0.25) is 14.5 Å². The molecule has 1 aromatic heterocycles. The largest absolute Gasteiger partial charge is 0.416 e. The molecule has 1 aromatic rings. The Morgan fingerprint density at radius 2 is 1.97 bits per heavy atom. The molecule has 2 aliphatic heterocycles. The van der Waals surface area contributed by atoms with Gasteiger partial charge in [0.1, 0.15) is 0 Å². The minimum Gasteiger partial charge on any atom is -0.381 e. The number of ether oxygens (including phenoxy) is 1. The van der Waals surface area contributed by atoms with E-state index in [1.807, 2.05) is 0 Å². The molecule has 0 unspecified atom stereocenters. The van der Waals surface area contributed by atoms with Gasteiger partial charge in [0.15, 0.2) is 0 Å². The average Bonchev–Trinajstić information content (AvgIpc) is 3.24. The highest BCUT2D eigenvalue weighted by Crippen LogP contribution is 2.48. The van der Waals surface area contributed by atoms with Gasteiger partial charge in [0, 0.05) is 43.5 Å². The lowest BCUT2D eigenvalue weighted by atomic mass is 9.74. The van der Waals surface area contributed by atoms with Crippen LogP contribution in [0.1, 0.15) is 57.7 Å². The van der Waals surface area contributed by atoms with Crippen molar-refractivity contribution in [3.05, 3.63) is 33.7 Å². The summed E-state index contributed by atoms with van der Waals surface area (Å²) in [5.41, 5.74) is -1.91. The molecular formula is C25H36F3N3O3. The second-order valence-electron chi connectivity index (χ2n) is 10.7. The lowest BCUT2D eigenvalue weighted by molar-refractivity contribution is -0.146. The van der Waals surface area contributed by atoms with E-state index in [1.54, 1.807) is 4.90 Å². The highest BCUT2D eigenvalue weighted by molar-refractivity contribution is 5.83. The standard InChI is InChI=1S/C25H36F3N3O3/c1-16(2)24(7-5-19(13-24)29(4)21-6-10-34-15-17(21)3)23(33)30-8-9-31-20(14-30)11-18(12-22(31)32)25(26,27)28/h11-12,16-17,19,21H,5-10,13-15H2,1-4H3/t17-,19+,21+,24-/m0/s1. The number of alkyl halides is 3. The minimum absolute atomic E-state index is 0.00883. The average molecular weight is 484 g/mol. The first-order chi connectivity index (χ1) is 15.9. The van der Waals surface area contributed by atoms with Crippen molar-refractivity contribution in [3.8, 4) is 0 Å². The maximum atomic E-state index is 13.9. The number of aromatic nitrogens is 1. The van der Waals surface area contributed by atoms with E-state index in [4.69, 9.17) is 4.74 Å². The van der Waals surface area contributed by atoms with Crippen LogP contribution in [0.5, 0.6) is 0 Å². The second-order valence-corrected chi connectivity index (χ2v) is 10.7. The normalized spacial score (nSPS) is 30.1. The van der Waals surface area contributed by atoms with Gasteiger partial charge in [-0.25, -0.2) is 0 Å². The van der Waals surface area contributed by atoms with Gasteiger partial charge in [-0.15, -0.1) is 0 Å². The van der Waals surface area contributed by atoms with Crippen molar-refractivity contribution in [1.29, 1.82) is 0 Å². The summed E-state index contributed by atoms with van der Waals surface area (Å²) in [5.74, 6) is 0.550. The number of amides is 1. The lowest BCUT2D eigenvalue weighted by Gasteiger charge is -2.42. The Kier molecular flexibility index (Phi) is 6.90. The Morgan fingerprint density at radius 3 is 2.62 bits per heavy atom. The minimum atomic E-state index is -4.59. The molecule has 34 heavy (non-hydrogen) atoms. The third-order valence-corrected chi connectivity index (χ3v) is 8.52. The number of carbonyl (C=O) groups is 1. The topological polar surface area (TPSA) is 54.8 Å². The molecular weight excluding hydrogens is 447 g/mol. The summed E-state index contributed by atoms with van der Waals surface area (Å²) in [5, 5.41) is 0. The van der Waals surface area contributed by atoms with Crippen molar-refractivity contribution in [3.63, 3.8) is 0 Å². The van der Waals surface area contributed by atoms with Crippen molar-refractivity contribution in [2.45, 2.75) is 77.8 Å². The van der Waals surface area contributed by atoms with Gasteiger partial charge < -0.3 is 14.2 Å². The highest BCUT2D eigenvalue weighted by atomic mass is 19.4. The molecule has 3 heterocycles. The van der Waals surface area contributed by atoms with Gasteiger partial charge in [-0.05, 0) is 50.6 Å². The summed E-state index contributed by atoms with van der Waals surface area (Å²) in [6.07, 6.45) is -1.18. The van der Waals surface area contributed by atoms with Crippen LogP contribution >= 0.6 is 0 Å². The molecule has 1 aliphatic carbocycles. The van der Waals surface area contributed by atoms with Crippen molar-refractivity contribution in [2.24, 2.45) is 17.3 Å². The van der Waals surface area contributed by atoms with Crippen LogP contribution in [0.4, 0.5) is 13.2 Å². The lowest BCUT2D eigenvalue weighted by Crippen LogP contribution is -2.51. The van der Waals surface area contributed by atoms with Crippen LogP contribution in [0.3, 0.4) is 0 Å². The first-order valence-electron chi connectivity index (χ1n) is 12.3. The number of rotatable bonds is 4. The van der Waals surface area contributed by atoms with E-state index in [2.05, 4.69) is 32.7 Å². The first kappa shape index (κ1) is 25.2. The molecule has 1 amide bonds. The van der Waals surface area contributed by atoms with Crippen LogP contribution in [0.25, 0.3) is 0 Å². The molecule has 1 saturated carbocycles. The molecule has 9 heteroatoms. The van der Waals surface area contributed by atoms with E-state index >= 15 is 0 Å². The smallest absolute Gasteiger partial charge is 0.381 e. The van der Waals surface area contributed by atoms with Crippen molar-refractivity contribution < 1.29 is 22.7 Å². The van der Waals surface area contributed by atoms with Crippen molar-refractivity contribution in [1.82, 2.24) is 14.4 Å². The number of hydrogen-bond acceptors (Lipinski definition) is 4. The van der Waals surface area contributed by atoms with E-state index < -0.39 is 22.7 Å². The molecule has 1 saturated heterocycles. The Hall–Kier alpha value is -1.87. The molecule has 6 nitrogen and oxygen atoms in total. The Balaban J connectivity index is 1.54. The number of carbonyl (C=O) groups excluding carboxylic acids is 1. The molecule has 0 aromatic carbocycles. The number of fused-ring (bicyclic) bond motifs is 1. The third-order valence-electron chi connectivity index (χ3n) is 8.52. The Morgan fingerprint density at radius 1 is 1.24 bits per heavy atom. The van der Waals surface area contributed by atoms with Gasteiger partial charge in [0.05, 0.1) is 24.1 Å². The van der Waals surface area contributed by atoms with Crippen LogP contribution in [-0.4, -0.2) is 59.2 Å². The number of pyridine rings is 1. The zero-order valence-electron chi connectivity index (χ0n) is 20.5. The maximum absolute atomic E-state index is 13.9. The predicted molar refractivity (Wildman–Crippen MR) is 122 cm³/mol. The number of nitrogens with zero attached hydrogens (tertiary/aromatic N) is 3. The molecule has 4 rings (SSSR count). The zero-order valence-corrected chi connectivity index (χ0v) is 20.5. The van der Waals surface area contributed by atoms with Gasteiger partial charge in [0.2, 0.25) is 5.91 Å². The quantitative estimate of drug-likeness (QED) is 0.655. The molecule has 0 bridgehead atoms. The molecule has 0 N–H and O–H groups in total. The summed E-state index contributed by atoms with van der Waals surface area (Å²) >= 11 is 0. The summed E-state index contributed by atoms with van der Waals surface area (Å²) in [6.45, 7) is 8.44. The number of hydrogen-bond donors (Lipinski definition) is 0. The van der Waals surface area contributed by atoms with E-state index in [9.17, 15) is 22.8 Å². The fourth-order valence-corrected chi connectivity index (χ4v) is 6.29. The monoisotopic (exact) mass is 483 g/mol. The van der Waals surface area contributed by atoms with Crippen LogP contribution in [-0.2, 0) is 28.8 Å². The van der Waals surface area contributed by atoms with E-state index in [0.29, 0.717) is 24.6 Å². The van der Waals surface area contributed by atoms with Crippen LogP contribution in [0, 0.1) is 17.3 Å². The molecule has 2 fully saturated rings. The summed E-state index contributed by atoms with van der Waals surface area (Å²) in [7, 11) is 2.15. The first-order valence-corrected chi connectivity index (χ1v) is 12.3. The molecule has 0 radical (unpaired) electrons. The second kappa shape index (κ2) is 9.30. The van der Waals surface area contributed by atoms with Crippen LogP contribution in [0.2, 0.25) is 0 Å². The predicted octanol–water partition coefficient (Wildman–Crippen LogP) is 3.76. The summed E-state index contributed by atoms with van der Waals surface area (Å²) in [6, 6.07) is 2.37. The van der Waals surface area contributed by atoms with Gasteiger partial charge >= 0.3 is 6.18 Å². The van der Waals surface area contributed by atoms with Gasteiger partial charge in [-0.1, -0.05) is 20.8 Å². The molecule has 0 spiro atoms. The van der Waals surface area contributed by atoms with Crippen molar-refractivity contribution in [2.75, 3.05) is 26.8 Å². The molecule has 4 atom stereocenters. The summed E-state index contributed by atoms with van der Waals surface area (Å²) in [4.78, 5) is 30.3. The molecule has 3 aliphatic rings. The third kappa shape index (κ3) is 4.53. The van der Waals surface area contributed by atoms with E-state index in [-0.39, 0.29) is 36.7 Å². The van der Waals surface area contributed by atoms with E-state index in [0.717, 1.165) is 45.0 Å². The summed E-state index contributed by atoms with van der Waals surface area (Å²) < 4.78 is 46.8. The SMILES string of the molecule is CC(C)[C@]1(C(=O)N2CCn3c(cc(C(F)(F)F)cc3=O)C2)CC[C@@H](N(C)[C@@H]2CCOC[C@@H]2C)C1. The molecule has 190 valence electrons. The highest BCUT2D eigenvalue weighted by Gasteiger charge is 2.51. The van der Waals surface area contributed by atoms with Gasteiger partial charge in [0.25, 0.3) is 5.56 Å². The fraction of sp³-hybridized carbons (Fsp3) is 0.760. The maximum Gasteiger partial charge on any atom is 0.416 e. The Labute approximate surface area is 199 Å². The van der Waals surface area contributed by atoms with Gasteiger partial charge in [-0.2, -0.15) is 13.2 Å². The van der Waals surface area contributed by atoms with Crippen LogP contribution in [0.15, 0.2) is 16.9 Å². The Bertz CT molecular complexity index is 976.